The highest BCUT2D eigenvalue weighted by atomic mass is 35.5. The van der Waals surface area contributed by atoms with Gasteiger partial charge >= 0.3 is 0 Å². The Hall–Kier alpha value is -1.06. The third-order valence-corrected chi connectivity index (χ3v) is 4.45. The molecule has 1 fully saturated rings. The Kier molecular flexibility index (Phi) is 6.07. The number of rotatable bonds is 5. The molecule has 0 bridgehead atoms. The fourth-order valence-electron chi connectivity index (χ4n) is 3.03. The first-order valence-corrected chi connectivity index (χ1v) is 8.15. The summed E-state index contributed by atoms with van der Waals surface area (Å²) in [5.41, 5.74) is 1.13. The smallest absolute Gasteiger partial charge is 0.234 e. The van der Waals surface area contributed by atoms with E-state index < -0.39 is 0 Å². The van der Waals surface area contributed by atoms with Crippen LogP contribution in [-0.4, -0.2) is 30.4 Å². The quantitative estimate of drug-likeness (QED) is 0.903. The minimum atomic E-state index is 0.123. The zero-order valence-electron chi connectivity index (χ0n) is 12.9. The normalized spacial score (nSPS) is 22.3. The molecule has 0 spiro atoms. The van der Waals surface area contributed by atoms with Crippen molar-refractivity contribution in [3.05, 3.63) is 34.9 Å². The van der Waals surface area contributed by atoms with Gasteiger partial charge in [-0.15, -0.1) is 0 Å². The molecule has 3 nitrogen and oxygen atoms in total. The average molecular weight is 309 g/mol. The van der Waals surface area contributed by atoms with Gasteiger partial charge in [-0.1, -0.05) is 43.5 Å². The number of nitrogens with zero attached hydrogens (tertiary/aromatic N) is 1. The van der Waals surface area contributed by atoms with Gasteiger partial charge < -0.3 is 5.32 Å². The zero-order valence-corrected chi connectivity index (χ0v) is 13.7. The van der Waals surface area contributed by atoms with Crippen LogP contribution in [0, 0.1) is 5.92 Å². The van der Waals surface area contributed by atoms with Gasteiger partial charge in [-0.25, -0.2) is 0 Å². The second kappa shape index (κ2) is 7.81. The lowest BCUT2D eigenvalue weighted by atomic mass is 9.86. The van der Waals surface area contributed by atoms with Crippen LogP contribution in [0.2, 0.25) is 5.02 Å². The van der Waals surface area contributed by atoms with E-state index in [4.69, 9.17) is 11.6 Å². The Balaban J connectivity index is 1.79. The predicted octanol–water partition coefficient (Wildman–Crippen LogP) is 3.47. The molecule has 2 atom stereocenters. The van der Waals surface area contributed by atoms with E-state index in [1.54, 1.807) is 0 Å². The SMILES string of the molecule is C[C@H]1CCCC[C@@H]1NC(=O)CN(C)Cc1cccc(Cl)c1. The monoisotopic (exact) mass is 308 g/mol. The van der Waals surface area contributed by atoms with Crippen molar-refractivity contribution in [2.24, 2.45) is 5.92 Å². The Bertz CT molecular complexity index is 478. The van der Waals surface area contributed by atoms with E-state index in [9.17, 15) is 4.79 Å². The maximum absolute atomic E-state index is 12.1. The van der Waals surface area contributed by atoms with Gasteiger partial charge in [0.2, 0.25) is 5.91 Å². The summed E-state index contributed by atoms with van der Waals surface area (Å²) < 4.78 is 0. The van der Waals surface area contributed by atoms with E-state index >= 15 is 0 Å². The molecule has 1 aliphatic rings. The summed E-state index contributed by atoms with van der Waals surface area (Å²) in [5.74, 6) is 0.721. The molecule has 0 unspecified atom stereocenters. The van der Waals surface area contributed by atoms with Crippen LogP contribution >= 0.6 is 11.6 Å². The number of hydrogen-bond donors (Lipinski definition) is 1. The molecular weight excluding hydrogens is 284 g/mol. The molecule has 0 aliphatic heterocycles. The van der Waals surface area contributed by atoms with E-state index in [0.29, 0.717) is 18.5 Å². The van der Waals surface area contributed by atoms with Crippen molar-refractivity contribution in [3.8, 4) is 0 Å². The maximum Gasteiger partial charge on any atom is 0.234 e. The van der Waals surface area contributed by atoms with Crippen LogP contribution in [0.1, 0.15) is 38.2 Å². The van der Waals surface area contributed by atoms with Gasteiger partial charge in [0.05, 0.1) is 6.54 Å². The highest BCUT2D eigenvalue weighted by molar-refractivity contribution is 6.30. The summed E-state index contributed by atoms with van der Waals surface area (Å²) in [5, 5.41) is 3.93. The molecule has 0 saturated heterocycles. The third-order valence-electron chi connectivity index (χ3n) is 4.21. The van der Waals surface area contributed by atoms with Crippen LogP contribution in [0.15, 0.2) is 24.3 Å². The first-order valence-electron chi connectivity index (χ1n) is 7.77. The Morgan fingerprint density at radius 2 is 2.14 bits per heavy atom. The van der Waals surface area contributed by atoms with Gasteiger partial charge in [-0.05, 0) is 43.5 Å². The molecule has 1 amide bonds. The molecule has 0 radical (unpaired) electrons. The lowest BCUT2D eigenvalue weighted by molar-refractivity contribution is -0.123. The van der Waals surface area contributed by atoms with E-state index in [0.717, 1.165) is 23.6 Å². The van der Waals surface area contributed by atoms with Crippen LogP contribution < -0.4 is 5.32 Å². The number of amides is 1. The van der Waals surface area contributed by atoms with E-state index in [2.05, 4.69) is 12.2 Å². The molecule has 1 aromatic carbocycles. The second-order valence-corrected chi connectivity index (χ2v) is 6.67. The lowest BCUT2D eigenvalue weighted by Gasteiger charge is -2.30. The van der Waals surface area contributed by atoms with Crippen LogP contribution in [-0.2, 0) is 11.3 Å². The van der Waals surface area contributed by atoms with E-state index in [1.807, 2.05) is 36.2 Å². The van der Waals surface area contributed by atoms with Gasteiger partial charge in [-0.3, -0.25) is 9.69 Å². The van der Waals surface area contributed by atoms with Crippen molar-refractivity contribution >= 4 is 17.5 Å². The number of likely N-dealkylation sites (N-methyl/N-ethyl adjacent to an activating group) is 1. The van der Waals surface area contributed by atoms with Crippen LogP contribution in [0.4, 0.5) is 0 Å². The average Bonchev–Trinajstić information content (AvgIpc) is 2.41. The summed E-state index contributed by atoms with van der Waals surface area (Å²) in [6.45, 7) is 3.39. The van der Waals surface area contributed by atoms with Crippen molar-refractivity contribution in [2.75, 3.05) is 13.6 Å². The molecule has 0 heterocycles. The lowest BCUT2D eigenvalue weighted by Crippen LogP contribution is -2.44. The van der Waals surface area contributed by atoms with Crippen molar-refractivity contribution in [1.29, 1.82) is 0 Å². The van der Waals surface area contributed by atoms with Crippen molar-refractivity contribution in [2.45, 2.75) is 45.2 Å². The predicted molar refractivity (Wildman–Crippen MR) is 87.3 cm³/mol. The molecule has 1 N–H and O–H groups in total. The van der Waals surface area contributed by atoms with Gasteiger partial charge in [0.25, 0.3) is 0 Å². The molecule has 21 heavy (non-hydrogen) atoms. The molecule has 1 aromatic rings. The standard InChI is InChI=1S/C17H25ClN2O/c1-13-6-3-4-9-16(13)19-17(21)12-20(2)11-14-7-5-8-15(18)10-14/h5,7-8,10,13,16H,3-4,6,9,11-12H2,1-2H3,(H,19,21)/t13-,16-/m0/s1. The van der Waals surface area contributed by atoms with Gasteiger partial charge in [0.15, 0.2) is 0 Å². The zero-order chi connectivity index (χ0) is 15.2. The number of halogens is 1. The van der Waals surface area contributed by atoms with Gasteiger partial charge in [-0.2, -0.15) is 0 Å². The minimum Gasteiger partial charge on any atom is -0.352 e. The summed E-state index contributed by atoms with van der Waals surface area (Å²) in [7, 11) is 1.96. The second-order valence-electron chi connectivity index (χ2n) is 6.24. The van der Waals surface area contributed by atoms with Crippen molar-refractivity contribution in [1.82, 2.24) is 10.2 Å². The van der Waals surface area contributed by atoms with Crippen LogP contribution in [0.5, 0.6) is 0 Å². The van der Waals surface area contributed by atoms with Crippen LogP contribution in [0.25, 0.3) is 0 Å². The number of nitrogens with one attached hydrogen (secondary N) is 1. The molecule has 4 heteroatoms. The maximum atomic E-state index is 12.1. The summed E-state index contributed by atoms with van der Waals surface area (Å²) >= 11 is 5.98. The fraction of sp³-hybridized carbons (Fsp3) is 0.588. The van der Waals surface area contributed by atoms with Crippen molar-refractivity contribution < 1.29 is 4.79 Å². The van der Waals surface area contributed by atoms with E-state index in [-0.39, 0.29) is 5.91 Å². The largest absolute Gasteiger partial charge is 0.352 e. The van der Waals surface area contributed by atoms with Crippen molar-refractivity contribution in [3.63, 3.8) is 0 Å². The first kappa shape index (κ1) is 16.3. The molecule has 0 aromatic heterocycles. The Morgan fingerprint density at radius 1 is 1.38 bits per heavy atom. The van der Waals surface area contributed by atoms with E-state index in [1.165, 1.54) is 19.3 Å². The highest BCUT2D eigenvalue weighted by Crippen LogP contribution is 2.23. The first-order chi connectivity index (χ1) is 10.0. The number of carbonyl (C=O) groups is 1. The molecule has 2 rings (SSSR count). The fourth-order valence-corrected chi connectivity index (χ4v) is 3.24. The Labute approximate surface area is 132 Å². The minimum absolute atomic E-state index is 0.123. The van der Waals surface area contributed by atoms with Crippen LogP contribution in [0.3, 0.4) is 0 Å². The number of benzene rings is 1. The van der Waals surface area contributed by atoms with Gasteiger partial charge in [0.1, 0.15) is 0 Å². The topological polar surface area (TPSA) is 32.3 Å². The number of carbonyl (C=O) groups excluding carboxylic acids is 1. The summed E-state index contributed by atoms with van der Waals surface area (Å²) in [4.78, 5) is 14.2. The summed E-state index contributed by atoms with van der Waals surface area (Å²) in [6.07, 6.45) is 4.87. The third kappa shape index (κ3) is 5.33. The van der Waals surface area contributed by atoms with Gasteiger partial charge in [0, 0.05) is 17.6 Å². The molecule has 1 aliphatic carbocycles. The highest BCUT2D eigenvalue weighted by Gasteiger charge is 2.22. The summed E-state index contributed by atoms with van der Waals surface area (Å²) in [6, 6.07) is 8.13. The molecule has 116 valence electrons. The number of hydrogen-bond acceptors (Lipinski definition) is 2. The molecule has 1 saturated carbocycles. The Morgan fingerprint density at radius 3 is 2.86 bits per heavy atom. The molecular formula is C17H25ClN2O.